The van der Waals surface area contributed by atoms with E-state index in [1.54, 1.807) is 13.0 Å². The summed E-state index contributed by atoms with van der Waals surface area (Å²) in [5.74, 6) is -2.65. The van der Waals surface area contributed by atoms with Gasteiger partial charge in [0, 0.05) is 12.6 Å². The molecule has 1 heterocycles. The van der Waals surface area contributed by atoms with E-state index in [9.17, 15) is 18.8 Å². The van der Waals surface area contributed by atoms with Crippen LogP contribution in [0.2, 0.25) is 0 Å². The number of pyridine rings is 1. The highest BCUT2D eigenvalue weighted by Gasteiger charge is 2.29. The Kier molecular flexibility index (Phi) is 6.70. The number of aromatic nitrogens is 1. The molecule has 1 amide bonds. The Hall–Kier alpha value is -2.72. The van der Waals surface area contributed by atoms with Gasteiger partial charge in [-0.05, 0) is 19.1 Å². The maximum atomic E-state index is 14.2. The van der Waals surface area contributed by atoms with E-state index in [1.165, 1.54) is 18.2 Å². The topological polar surface area (TPSA) is 115 Å². The predicted molar refractivity (Wildman–Crippen MR) is 99.7 cm³/mol. The summed E-state index contributed by atoms with van der Waals surface area (Å²) in [6, 6.07) is 6.68. The van der Waals surface area contributed by atoms with Crippen LogP contribution in [0.4, 0.5) is 15.8 Å². The highest BCUT2D eigenvalue weighted by molar-refractivity contribution is 9.10. The lowest BCUT2D eigenvalue weighted by molar-refractivity contribution is 0.0430. The number of carbonyl (C=O) groups is 2. The first-order chi connectivity index (χ1) is 12.8. The summed E-state index contributed by atoms with van der Waals surface area (Å²) < 4.78 is 21.2. The second-order valence-electron chi connectivity index (χ2n) is 5.29. The van der Waals surface area contributed by atoms with Crippen molar-refractivity contribution in [3.8, 4) is 0 Å². The third-order valence-corrected chi connectivity index (χ3v) is 4.41. The number of carbonyl (C=O) groups excluding carboxylic acids is 2. The van der Waals surface area contributed by atoms with Gasteiger partial charge in [0.1, 0.15) is 23.7 Å². The first-order valence-corrected chi connectivity index (χ1v) is 8.60. The molecule has 27 heavy (non-hydrogen) atoms. The number of nitrogens with zero attached hydrogens (tertiary/aromatic N) is 2. The van der Waals surface area contributed by atoms with Crippen molar-refractivity contribution in [2.24, 2.45) is 5.73 Å². The summed E-state index contributed by atoms with van der Waals surface area (Å²) in [5.41, 5.74) is 3.98. The summed E-state index contributed by atoms with van der Waals surface area (Å²) in [4.78, 5) is 37.0. The zero-order valence-electron chi connectivity index (χ0n) is 14.3. The Morgan fingerprint density at radius 3 is 2.56 bits per heavy atom. The van der Waals surface area contributed by atoms with Crippen LogP contribution in [-0.4, -0.2) is 34.8 Å². The molecule has 0 spiro atoms. The van der Waals surface area contributed by atoms with Gasteiger partial charge < -0.3 is 20.1 Å². The summed E-state index contributed by atoms with van der Waals surface area (Å²) in [6.07, 6.45) is 0. The Bertz CT molecular complexity index is 931. The summed E-state index contributed by atoms with van der Waals surface area (Å²) >= 11 is 3.13. The number of ether oxygens (including phenoxy) is 1. The van der Waals surface area contributed by atoms with Crippen LogP contribution in [0.25, 0.3) is 0 Å². The van der Waals surface area contributed by atoms with Gasteiger partial charge in [0.05, 0.1) is 34.1 Å². The number of halogens is 2. The standard InChI is InChI=1S/C17H17BrFN3O5/c1-2-21-13(24)9-12(22(18)11-6-4-3-5-10(11)19)14(15(21)16(20)25)17(26)27-8-7-23/h3-6,9,23H,2,7-8H2,1H3,(H2,20,25). The van der Waals surface area contributed by atoms with Crippen molar-refractivity contribution in [3.63, 3.8) is 0 Å². The van der Waals surface area contributed by atoms with Crippen LogP contribution < -0.4 is 15.2 Å². The quantitative estimate of drug-likeness (QED) is 0.499. The molecule has 144 valence electrons. The molecule has 8 nitrogen and oxygen atoms in total. The first kappa shape index (κ1) is 20.6. The van der Waals surface area contributed by atoms with Crippen molar-refractivity contribution in [3.05, 3.63) is 57.8 Å². The van der Waals surface area contributed by atoms with Gasteiger partial charge in [0.15, 0.2) is 0 Å². The number of amides is 1. The van der Waals surface area contributed by atoms with Crippen LogP contribution in [0.1, 0.15) is 27.8 Å². The first-order valence-electron chi connectivity index (χ1n) is 7.89. The maximum Gasteiger partial charge on any atom is 0.342 e. The molecule has 1 aromatic heterocycles. The van der Waals surface area contributed by atoms with Crippen molar-refractivity contribution in [2.75, 3.05) is 17.1 Å². The molecule has 2 aromatic rings. The van der Waals surface area contributed by atoms with E-state index in [-0.39, 0.29) is 35.8 Å². The second-order valence-corrected chi connectivity index (χ2v) is 6.00. The van der Waals surface area contributed by atoms with Gasteiger partial charge in [-0.1, -0.05) is 12.1 Å². The lowest BCUT2D eigenvalue weighted by Gasteiger charge is -2.22. The van der Waals surface area contributed by atoms with Crippen molar-refractivity contribution < 1.29 is 23.8 Å². The minimum atomic E-state index is -1.03. The van der Waals surface area contributed by atoms with Crippen molar-refractivity contribution >= 4 is 39.4 Å². The highest BCUT2D eigenvalue weighted by atomic mass is 79.9. The van der Waals surface area contributed by atoms with E-state index in [0.717, 1.165) is 14.6 Å². The Morgan fingerprint density at radius 2 is 2.00 bits per heavy atom. The number of para-hydroxylation sites is 1. The number of rotatable bonds is 7. The van der Waals surface area contributed by atoms with E-state index in [4.69, 9.17) is 15.6 Å². The van der Waals surface area contributed by atoms with Crippen LogP contribution in [-0.2, 0) is 11.3 Å². The predicted octanol–water partition coefficient (Wildman–Crippen LogP) is 1.70. The molecule has 0 aliphatic carbocycles. The molecule has 0 unspecified atom stereocenters. The van der Waals surface area contributed by atoms with E-state index < -0.39 is 29.9 Å². The number of anilines is 2. The molecule has 0 saturated carbocycles. The van der Waals surface area contributed by atoms with Gasteiger partial charge in [-0.2, -0.15) is 0 Å². The average Bonchev–Trinajstić information content (AvgIpc) is 2.64. The molecule has 0 radical (unpaired) electrons. The zero-order valence-corrected chi connectivity index (χ0v) is 15.9. The normalized spacial score (nSPS) is 10.5. The zero-order chi connectivity index (χ0) is 20.1. The number of aliphatic hydroxyl groups is 1. The summed E-state index contributed by atoms with van der Waals surface area (Å²) in [5, 5.41) is 8.88. The van der Waals surface area contributed by atoms with E-state index >= 15 is 0 Å². The van der Waals surface area contributed by atoms with Crippen LogP contribution >= 0.6 is 16.1 Å². The van der Waals surface area contributed by atoms with Crippen LogP contribution in [0.5, 0.6) is 0 Å². The summed E-state index contributed by atoms with van der Waals surface area (Å²) in [6.45, 7) is 0.897. The monoisotopic (exact) mass is 441 g/mol. The fourth-order valence-electron chi connectivity index (χ4n) is 2.51. The van der Waals surface area contributed by atoms with Crippen molar-refractivity contribution in [1.29, 1.82) is 0 Å². The molecule has 10 heteroatoms. The molecule has 0 saturated heterocycles. The fraction of sp³-hybridized carbons (Fsp3) is 0.235. The van der Waals surface area contributed by atoms with E-state index in [1.807, 2.05) is 0 Å². The number of nitrogens with two attached hydrogens (primary N) is 1. The third kappa shape index (κ3) is 4.17. The third-order valence-electron chi connectivity index (χ3n) is 3.64. The maximum absolute atomic E-state index is 14.2. The van der Waals surface area contributed by atoms with E-state index in [2.05, 4.69) is 16.1 Å². The molecule has 0 fully saturated rings. The van der Waals surface area contributed by atoms with Crippen LogP contribution in [0.15, 0.2) is 35.1 Å². The lowest BCUT2D eigenvalue weighted by atomic mass is 10.1. The van der Waals surface area contributed by atoms with Gasteiger partial charge in [0.25, 0.3) is 11.5 Å². The molecule has 0 aliphatic rings. The van der Waals surface area contributed by atoms with Gasteiger partial charge in [-0.15, -0.1) is 0 Å². The number of hydrogen-bond donors (Lipinski definition) is 2. The Balaban J connectivity index is 2.79. The molecule has 2 rings (SSSR count). The minimum absolute atomic E-state index is 0.00206. The van der Waals surface area contributed by atoms with Gasteiger partial charge >= 0.3 is 5.97 Å². The molecule has 0 bridgehead atoms. The lowest BCUT2D eigenvalue weighted by Crippen LogP contribution is -2.33. The molecule has 0 atom stereocenters. The number of benzene rings is 1. The van der Waals surface area contributed by atoms with Crippen molar-refractivity contribution in [2.45, 2.75) is 13.5 Å². The van der Waals surface area contributed by atoms with E-state index in [0.29, 0.717) is 0 Å². The molecule has 3 N–H and O–H groups in total. The fourth-order valence-corrected chi connectivity index (χ4v) is 3.08. The van der Waals surface area contributed by atoms with Crippen LogP contribution in [0, 0.1) is 5.82 Å². The largest absolute Gasteiger partial charge is 0.460 e. The number of primary amides is 1. The van der Waals surface area contributed by atoms with Gasteiger partial charge in [-0.3, -0.25) is 13.5 Å². The SMILES string of the molecule is CCn1c(C(N)=O)c(C(=O)OCCO)c(N(Br)c2ccccc2F)cc1=O. The number of hydrogen-bond acceptors (Lipinski definition) is 6. The molecular formula is C17H17BrFN3O5. The number of aliphatic hydroxyl groups excluding tert-OH is 1. The van der Waals surface area contributed by atoms with Gasteiger partial charge in [-0.25, -0.2) is 9.18 Å². The molecule has 1 aromatic carbocycles. The second kappa shape index (κ2) is 8.78. The molecule has 0 aliphatic heterocycles. The van der Waals surface area contributed by atoms with Crippen LogP contribution in [0.3, 0.4) is 0 Å². The Morgan fingerprint density at radius 1 is 1.33 bits per heavy atom. The number of esters is 1. The molecular weight excluding hydrogens is 425 g/mol. The smallest absolute Gasteiger partial charge is 0.342 e. The average molecular weight is 442 g/mol. The summed E-state index contributed by atoms with van der Waals surface area (Å²) in [7, 11) is 0. The van der Waals surface area contributed by atoms with Crippen molar-refractivity contribution in [1.82, 2.24) is 4.57 Å². The van der Waals surface area contributed by atoms with Gasteiger partial charge in [0.2, 0.25) is 0 Å². The highest BCUT2D eigenvalue weighted by Crippen LogP contribution is 2.34. The minimum Gasteiger partial charge on any atom is -0.460 e. The Labute approximate surface area is 162 Å².